The minimum absolute atomic E-state index is 0.720. The third kappa shape index (κ3) is 3.53. The molecule has 0 radical (unpaired) electrons. The lowest BCUT2D eigenvalue weighted by atomic mass is 10.2. The Bertz CT molecular complexity index is 372. The van der Waals surface area contributed by atoms with Crippen LogP contribution in [0.5, 0.6) is 0 Å². The predicted molar refractivity (Wildman–Crippen MR) is 78.0 cm³/mol. The van der Waals surface area contributed by atoms with Crippen LogP contribution in [0, 0.1) is 6.92 Å². The van der Waals surface area contributed by atoms with E-state index in [1.54, 1.807) is 0 Å². The molecule has 1 aliphatic rings. The minimum atomic E-state index is 0.720. The molecule has 0 saturated carbocycles. The third-order valence-electron chi connectivity index (χ3n) is 3.54. The van der Waals surface area contributed by atoms with E-state index in [0.717, 1.165) is 37.2 Å². The van der Waals surface area contributed by atoms with Crippen molar-refractivity contribution in [2.24, 2.45) is 0 Å². The molecular weight excluding hydrogens is 244 g/mol. The van der Waals surface area contributed by atoms with E-state index in [-0.39, 0.29) is 0 Å². The van der Waals surface area contributed by atoms with E-state index < -0.39 is 0 Å². The monoisotopic (exact) mass is 268 g/mol. The Hall–Kier alpha value is -0.450. The number of thioether (sulfide) groups is 1. The highest BCUT2D eigenvalue weighted by atomic mass is 32.2. The summed E-state index contributed by atoms with van der Waals surface area (Å²) in [5.41, 5.74) is 1.26. The van der Waals surface area contributed by atoms with Gasteiger partial charge in [0.05, 0.1) is 13.1 Å². The average molecular weight is 268 g/mol. The summed E-state index contributed by atoms with van der Waals surface area (Å²) in [6, 6.07) is 2.91. The molecule has 1 aromatic rings. The smallest absolute Gasteiger partial charge is 0.120 e. The van der Waals surface area contributed by atoms with Crippen molar-refractivity contribution in [3.05, 3.63) is 23.2 Å². The molecule has 1 aliphatic heterocycles. The molecular formula is C14H24N2OS. The SMILES string of the molecule is CCNCc1oc(CN(C)C2CCSC2)cc1C. The Labute approximate surface area is 114 Å². The van der Waals surface area contributed by atoms with Crippen molar-refractivity contribution in [1.82, 2.24) is 10.2 Å². The van der Waals surface area contributed by atoms with Gasteiger partial charge in [0.25, 0.3) is 0 Å². The average Bonchev–Trinajstić information content (AvgIpc) is 2.96. The fraction of sp³-hybridized carbons (Fsp3) is 0.714. The van der Waals surface area contributed by atoms with Crippen molar-refractivity contribution in [2.45, 2.75) is 39.4 Å². The molecule has 0 amide bonds. The van der Waals surface area contributed by atoms with Crippen LogP contribution in [0.3, 0.4) is 0 Å². The van der Waals surface area contributed by atoms with Gasteiger partial charge < -0.3 is 9.73 Å². The van der Waals surface area contributed by atoms with Crippen molar-refractivity contribution in [3.63, 3.8) is 0 Å². The first-order valence-corrected chi connectivity index (χ1v) is 7.93. The van der Waals surface area contributed by atoms with E-state index >= 15 is 0 Å². The zero-order valence-electron chi connectivity index (χ0n) is 11.7. The molecule has 18 heavy (non-hydrogen) atoms. The number of furan rings is 1. The molecule has 1 N–H and O–H groups in total. The van der Waals surface area contributed by atoms with Crippen LogP contribution in [-0.2, 0) is 13.1 Å². The van der Waals surface area contributed by atoms with Crippen LogP contribution >= 0.6 is 11.8 Å². The van der Waals surface area contributed by atoms with Crippen molar-refractivity contribution in [3.8, 4) is 0 Å². The lowest BCUT2D eigenvalue weighted by Crippen LogP contribution is -2.30. The molecule has 1 saturated heterocycles. The van der Waals surface area contributed by atoms with Gasteiger partial charge in [-0.1, -0.05) is 6.92 Å². The van der Waals surface area contributed by atoms with Gasteiger partial charge >= 0.3 is 0 Å². The molecule has 2 heterocycles. The first-order chi connectivity index (χ1) is 8.70. The van der Waals surface area contributed by atoms with Crippen LogP contribution in [-0.4, -0.2) is 36.0 Å². The van der Waals surface area contributed by atoms with E-state index in [9.17, 15) is 0 Å². The largest absolute Gasteiger partial charge is 0.463 e. The molecule has 1 atom stereocenters. The van der Waals surface area contributed by atoms with E-state index in [1.165, 1.54) is 23.5 Å². The van der Waals surface area contributed by atoms with Crippen molar-refractivity contribution in [2.75, 3.05) is 25.1 Å². The number of aryl methyl sites for hydroxylation is 1. The van der Waals surface area contributed by atoms with Gasteiger partial charge in [0.1, 0.15) is 11.5 Å². The topological polar surface area (TPSA) is 28.4 Å². The second-order valence-electron chi connectivity index (χ2n) is 5.03. The molecule has 3 nitrogen and oxygen atoms in total. The van der Waals surface area contributed by atoms with Gasteiger partial charge in [0, 0.05) is 11.8 Å². The third-order valence-corrected chi connectivity index (χ3v) is 4.69. The summed E-state index contributed by atoms with van der Waals surface area (Å²) < 4.78 is 5.94. The zero-order chi connectivity index (χ0) is 13.0. The molecule has 1 fully saturated rings. The Kier molecular flexibility index (Phi) is 5.15. The van der Waals surface area contributed by atoms with Gasteiger partial charge in [0.15, 0.2) is 0 Å². The van der Waals surface area contributed by atoms with Crippen LogP contribution in [0.1, 0.15) is 30.4 Å². The first-order valence-electron chi connectivity index (χ1n) is 6.77. The van der Waals surface area contributed by atoms with Gasteiger partial charge in [-0.15, -0.1) is 0 Å². The Morgan fingerprint density at radius 1 is 1.56 bits per heavy atom. The lowest BCUT2D eigenvalue weighted by Gasteiger charge is -2.21. The Morgan fingerprint density at radius 3 is 3.06 bits per heavy atom. The summed E-state index contributed by atoms with van der Waals surface area (Å²) in [5.74, 6) is 4.75. The summed E-state index contributed by atoms with van der Waals surface area (Å²) >= 11 is 2.06. The van der Waals surface area contributed by atoms with Crippen LogP contribution in [0.15, 0.2) is 10.5 Å². The summed E-state index contributed by atoms with van der Waals surface area (Å²) in [6.07, 6.45) is 1.31. The van der Waals surface area contributed by atoms with Crippen LogP contribution in [0.25, 0.3) is 0 Å². The molecule has 2 rings (SSSR count). The summed E-state index contributed by atoms with van der Waals surface area (Å²) in [4.78, 5) is 2.43. The Morgan fingerprint density at radius 2 is 2.39 bits per heavy atom. The van der Waals surface area contributed by atoms with E-state index in [2.05, 4.69) is 48.9 Å². The van der Waals surface area contributed by atoms with Crippen LogP contribution in [0.4, 0.5) is 0 Å². The predicted octanol–water partition coefficient (Wildman–Crippen LogP) is 2.63. The van der Waals surface area contributed by atoms with Crippen LogP contribution in [0.2, 0.25) is 0 Å². The molecule has 0 bridgehead atoms. The summed E-state index contributed by atoms with van der Waals surface area (Å²) in [7, 11) is 2.21. The number of hydrogen-bond donors (Lipinski definition) is 1. The summed E-state index contributed by atoms with van der Waals surface area (Å²) in [6.45, 7) is 6.99. The maximum atomic E-state index is 5.94. The van der Waals surface area contributed by atoms with Crippen molar-refractivity contribution < 1.29 is 4.42 Å². The van der Waals surface area contributed by atoms with Crippen molar-refractivity contribution in [1.29, 1.82) is 0 Å². The Balaban J connectivity index is 1.92. The lowest BCUT2D eigenvalue weighted by molar-refractivity contribution is 0.231. The number of hydrogen-bond acceptors (Lipinski definition) is 4. The second-order valence-corrected chi connectivity index (χ2v) is 6.18. The number of nitrogens with one attached hydrogen (secondary N) is 1. The number of nitrogens with zero attached hydrogens (tertiary/aromatic N) is 1. The van der Waals surface area contributed by atoms with E-state index in [0.29, 0.717) is 0 Å². The molecule has 0 spiro atoms. The highest BCUT2D eigenvalue weighted by molar-refractivity contribution is 7.99. The molecule has 1 unspecified atom stereocenters. The molecule has 0 aromatic carbocycles. The van der Waals surface area contributed by atoms with Crippen LogP contribution < -0.4 is 5.32 Å². The van der Waals surface area contributed by atoms with Gasteiger partial charge in [-0.25, -0.2) is 0 Å². The maximum Gasteiger partial charge on any atom is 0.120 e. The minimum Gasteiger partial charge on any atom is -0.463 e. The normalized spacial score (nSPS) is 19.9. The van der Waals surface area contributed by atoms with E-state index in [1.807, 2.05) is 0 Å². The molecule has 0 aliphatic carbocycles. The highest BCUT2D eigenvalue weighted by Gasteiger charge is 2.21. The molecule has 4 heteroatoms. The van der Waals surface area contributed by atoms with E-state index in [4.69, 9.17) is 4.42 Å². The maximum absolute atomic E-state index is 5.94. The van der Waals surface area contributed by atoms with Crippen molar-refractivity contribution >= 4 is 11.8 Å². The summed E-state index contributed by atoms with van der Waals surface area (Å²) in [5, 5.41) is 3.32. The highest BCUT2D eigenvalue weighted by Crippen LogP contribution is 2.23. The van der Waals surface area contributed by atoms with Gasteiger partial charge in [-0.2, -0.15) is 11.8 Å². The molecule has 1 aromatic heterocycles. The standard InChI is InChI=1S/C14H24N2OS/c1-4-15-8-14-11(2)7-13(17-14)9-16(3)12-5-6-18-10-12/h7,12,15H,4-6,8-10H2,1-3H3. The van der Waals surface area contributed by atoms with Gasteiger partial charge in [0.2, 0.25) is 0 Å². The number of rotatable bonds is 6. The fourth-order valence-electron chi connectivity index (χ4n) is 2.33. The fourth-order valence-corrected chi connectivity index (χ4v) is 3.63. The zero-order valence-corrected chi connectivity index (χ0v) is 12.5. The second kappa shape index (κ2) is 6.64. The quantitative estimate of drug-likeness (QED) is 0.858. The van der Waals surface area contributed by atoms with Gasteiger partial charge in [-0.05, 0) is 44.3 Å². The van der Waals surface area contributed by atoms with Gasteiger partial charge in [-0.3, -0.25) is 4.90 Å². The molecule has 102 valence electrons. The first kappa shape index (κ1) is 14.0.